The van der Waals surface area contributed by atoms with Gasteiger partial charge in [-0.2, -0.15) is 0 Å². The summed E-state index contributed by atoms with van der Waals surface area (Å²) in [5, 5.41) is 54.3. The first-order chi connectivity index (χ1) is 39.2. The maximum absolute atomic E-state index is 13.0. The van der Waals surface area contributed by atoms with E-state index in [1.807, 2.05) is 6.08 Å². The molecule has 80 heavy (non-hydrogen) atoms. The lowest BCUT2D eigenvalue weighted by molar-refractivity contribution is -0.302. The number of amides is 1. The zero-order valence-corrected chi connectivity index (χ0v) is 51.8. The van der Waals surface area contributed by atoms with Crippen LogP contribution in [0.1, 0.15) is 316 Å². The van der Waals surface area contributed by atoms with Crippen LogP contribution in [0, 0.1) is 0 Å². The number of esters is 1. The monoisotopic (exact) mass is 1130 g/mol. The van der Waals surface area contributed by atoms with E-state index in [1.54, 1.807) is 6.08 Å². The Balaban J connectivity index is 1.97. The van der Waals surface area contributed by atoms with Gasteiger partial charge in [0.05, 0.1) is 32.0 Å². The molecule has 1 rings (SSSR count). The quantitative estimate of drug-likeness (QED) is 0.0195. The molecule has 0 aliphatic carbocycles. The van der Waals surface area contributed by atoms with Gasteiger partial charge in [-0.05, 0) is 89.9 Å². The Kier molecular flexibility index (Phi) is 55.2. The largest absolute Gasteiger partial charge is 0.466 e. The third kappa shape index (κ3) is 47.0. The number of ether oxygens (including phenoxy) is 3. The molecular formula is C69H127NO10. The maximum Gasteiger partial charge on any atom is 0.305 e. The number of unbranched alkanes of at least 4 members (excludes halogenated alkanes) is 39. The van der Waals surface area contributed by atoms with Gasteiger partial charge in [-0.15, -0.1) is 0 Å². The van der Waals surface area contributed by atoms with E-state index in [0.29, 0.717) is 19.4 Å². The van der Waals surface area contributed by atoms with E-state index < -0.39 is 49.5 Å². The minimum Gasteiger partial charge on any atom is -0.466 e. The first-order valence-corrected chi connectivity index (χ1v) is 33.9. The van der Waals surface area contributed by atoms with Crippen LogP contribution < -0.4 is 5.32 Å². The molecule has 0 spiro atoms. The first-order valence-electron chi connectivity index (χ1n) is 33.9. The van der Waals surface area contributed by atoms with Gasteiger partial charge < -0.3 is 45.1 Å². The van der Waals surface area contributed by atoms with E-state index in [2.05, 4.69) is 55.6 Å². The number of rotatable bonds is 59. The Hall–Kier alpha value is -2.38. The number of carbonyl (C=O) groups is 2. The molecule has 468 valence electrons. The van der Waals surface area contributed by atoms with Crippen LogP contribution in [0.15, 0.2) is 48.6 Å². The molecule has 0 aromatic rings. The zero-order chi connectivity index (χ0) is 58.0. The Morgan fingerprint density at radius 1 is 0.450 bits per heavy atom. The van der Waals surface area contributed by atoms with Crippen LogP contribution in [0.5, 0.6) is 0 Å². The smallest absolute Gasteiger partial charge is 0.305 e. The highest BCUT2D eigenvalue weighted by Crippen LogP contribution is 2.23. The molecule has 6 N–H and O–H groups in total. The highest BCUT2D eigenvalue weighted by Gasteiger charge is 2.44. The maximum atomic E-state index is 13.0. The second-order valence-corrected chi connectivity index (χ2v) is 23.5. The van der Waals surface area contributed by atoms with E-state index in [-0.39, 0.29) is 18.5 Å². The summed E-state index contributed by atoms with van der Waals surface area (Å²) in [6.07, 6.45) is 65.3. The van der Waals surface area contributed by atoms with Gasteiger partial charge in [-0.1, -0.05) is 262 Å². The normalized spacial score (nSPS) is 18.6. The lowest BCUT2D eigenvalue weighted by atomic mass is 9.99. The van der Waals surface area contributed by atoms with Crippen LogP contribution in [-0.2, 0) is 23.8 Å². The van der Waals surface area contributed by atoms with Crippen molar-refractivity contribution in [3.05, 3.63) is 48.6 Å². The lowest BCUT2D eigenvalue weighted by Crippen LogP contribution is -2.60. The van der Waals surface area contributed by atoms with E-state index in [1.165, 1.54) is 231 Å². The molecule has 1 saturated heterocycles. The summed E-state index contributed by atoms with van der Waals surface area (Å²) in [6.45, 7) is 4.28. The van der Waals surface area contributed by atoms with Gasteiger partial charge >= 0.3 is 5.97 Å². The number of hydrogen-bond donors (Lipinski definition) is 6. The molecule has 1 amide bonds. The van der Waals surface area contributed by atoms with E-state index in [9.17, 15) is 35.1 Å². The topological polar surface area (TPSA) is 175 Å². The Morgan fingerprint density at radius 3 is 1.27 bits per heavy atom. The summed E-state index contributed by atoms with van der Waals surface area (Å²) in [5.41, 5.74) is 0. The summed E-state index contributed by atoms with van der Waals surface area (Å²) in [4.78, 5) is 25.0. The van der Waals surface area contributed by atoms with Crippen LogP contribution in [0.25, 0.3) is 0 Å². The molecule has 0 aromatic carbocycles. The molecule has 11 nitrogen and oxygen atoms in total. The van der Waals surface area contributed by atoms with Gasteiger partial charge in [-0.3, -0.25) is 9.59 Å². The van der Waals surface area contributed by atoms with Crippen molar-refractivity contribution in [3.63, 3.8) is 0 Å². The van der Waals surface area contributed by atoms with E-state index in [4.69, 9.17) is 14.2 Å². The number of aliphatic hydroxyl groups excluding tert-OH is 5. The number of aliphatic hydroxyl groups is 5. The second-order valence-electron chi connectivity index (χ2n) is 23.5. The molecular weight excluding hydrogens is 1000 g/mol. The van der Waals surface area contributed by atoms with Gasteiger partial charge in [0.25, 0.3) is 0 Å². The summed E-state index contributed by atoms with van der Waals surface area (Å²) in [6, 6.07) is -0.826. The minimum atomic E-state index is -1.58. The molecule has 1 fully saturated rings. The van der Waals surface area contributed by atoms with Crippen LogP contribution >= 0.6 is 0 Å². The number of carbonyl (C=O) groups excluding carboxylic acids is 2. The fraction of sp³-hybridized carbons (Fsp3) is 0.855. The Morgan fingerprint density at radius 2 is 0.825 bits per heavy atom. The fourth-order valence-electron chi connectivity index (χ4n) is 10.5. The summed E-state index contributed by atoms with van der Waals surface area (Å²) < 4.78 is 16.7. The van der Waals surface area contributed by atoms with Crippen LogP contribution in [0.3, 0.4) is 0 Å². The predicted molar refractivity (Wildman–Crippen MR) is 334 cm³/mol. The van der Waals surface area contributed by atoms with Crippen molar-refractivity contribution in [1.29, 1.82) is 0 Å². The Bertz CT molecular complexity index is 1470. The molecule has 11 heteroatoms. The van der Waals surface area contributed by atoms with Crippen molar-refractivity contribution in [2.24, 2.45) is 0 Å². The number of allylic oxidation sites excluding steroid dienone is 7. The molecule has 0 saturated carbocycles. The fourth-order valence-corrected chi connectivity index (χ4v) is 10.5. The van der Waals surface area contributed by atoms with Crippen molar-refractivity contribution in [2.45, 2.75) is 358 Å². The molecule has 0 bridgehead atoms. The first kappa shape index (κ1) is 75.6. The SMILES string of the molecule is CCCC/C=C\CCCCCCCC(=O)OCCCCCCCCCCCCCC/C=C\CCCCCCCCCCCCCCCCC(=O)NC(COC1OC(CO)C(O)C(O)C1O)C(O)/C=C/CC/C=C/CCCCCCC. The van der Waals surface area contributed by atoms with Crippen molar-refractivity contribution in [3.8, 4) is 0 Å². The molecule has 0 radical (unpaired) electrons. The van der Waals surface area contributed by atoms with Gasteiger partial charge in [0.2, 0.25) is 5.91 Å². The van der Waals surface area contributed by atoms with Gasteiger partial charge in [0.1, 0.15) is 24.4 Å². The number of hydrogen-bond acceptors (Lipinski definition) is 10. The lowest BCUT2D eigenvalue weighted by Gasteiger charge is -2.40. The van der Waals surface area contributed by atoms with Crippen molar-refractivity contribution in [1.82, 2.24) is 5.32 Å². The highest BCUT2D eigenvalue weighted by atomic mass is 16.7. The zero-order valence-electron chi connectivity index (χ0n) is 51.8. The summed E-state index contributed by atoms with van der Waals surface area (Å²) in [7, 11) is 0. The highest BCUT2D eigenvalue weighted by molar-refractivity contribution is 5.76. The van der Waals surface area contributed by atoms with Gasteiger partial charge in [0.15, 0.2) is 6.29 Å². The van der Waals surface area contributed by atoms with Gasteiger partial charge in [-0.25, -0.2) is 0 Å². The van der Waals surface area contributed by atoms with Crippen molar-refractivity contribution in [2.75, 3.05) is 19.8 Å². The van der Waals surface area contributed by atoms with Crippen LogP contribution in [0.2, 0.25) is 0 Å². The standard InChI is InChI=1S/C69H127NO10/c1-3-5-7-9-11-13-35-39-43-47-51-55-62(72)61(60-79-69-68(77)67(76)66(75)63(59-71)80-69)70-64(73)56-52-48-44-40-37-33-31-29-27-25-23-21-19-17-15-16-18-20-22-24-26-28-30-32-34-38-42-46-50-54-58-78-65(74)57-53-49-45-41-36-14-12-10-8-6-4-2/h10,12,16,18,35,39,51,55,61-63,66-69,71-72,75-77H,3-9,11,13-15,17,19-34,36-38,40-50,52-54,56-60H2,1-2H3,(H,70,73)/b12-10-,18-16-,39-35+,55-51+. The van der Waals surface area contributed by atoms with E-state index in [0.717, 1.165) is 57.8 Å². The predicted octanol–water partition coefficient (Wildman–Crippen LogP) is 16.8. The van der Waals surface area contributed by atoms with Gasteiger partial charge in [0, 0.05) is 12.8 Å². The average molecular weight is 1130 g/mol. The van der Waals surface area contributed by atoms with Crippen molar-refractivity contribution >= 4 is 11.9 Å². The summed E-state index contributed by atoms with van der Waals surface area (Å²) >= 11 is 0. The third-order valence-corrected chi connectivity index (χ3v) is 15.9. The molecule has 1 aliphatic rings. The molecule has 1 heterocycles. The third-order valence-electron chi connectivity index (χ3n) is 15.9. The van der Waals surface area contributed by atoms with E-state index >= 15 is 0 Å². The average Bonchev–Trinajstić information content (AvgIpc) is 3.45. The minimum absolute atomic E-state index is 0.00281. The van der Waals surface area contributed by atoms with Crippen LogP contribution in [-0.4, -0.2) is 100 Å². The van der Waals surface area contributed by atoms with Crippen molar-refractivity contribution < 1.29 is 49.3 Å². The molecule has 7 unspecified atom stereocenters. The molecule has 1 aliphatic heterocycles. The molecule has 0 aromatic heterocycles. The molecule has 7 atom stereocenters. The van der Waals surface area contributed by atoms with Crippen LogP contribution in [0.4, 0.5) is 0 Å². The number of nitrogens with one attached hydrogen (secondary N) is 1. The second kappa shape index (κ2) is 58.4. The Labute approximate surface area is 491 Å². The summed E-state index contributed by atoms with van der Waals surface area (Å²) in [5.74, 6) is -0.194.